The van der Waals surface area contributed by atoms with Crippen LogP contribution in [-0.2, 0) is 9.53 Å². The van der Waals surface area contributed by atoms with Gasteiger partial charge in [0.25, 0.3) is 0 Å². The van der Waals surface area contributed by atoms with Crippen LogP contribution < -0.4 is 5.73 Å². The molecule has 0 saturated heterocycles. The van der Waals surface area contributed by atoms with E-state index in [0.717, 1.165) is 0 Å². The van der Waals surface area contributed by atoms with E-state index in [4.69, 9.17) is 0 Å². The van der Waals surface area contributed by atoms with Crippen LogP contribution in [0.1, 0.15) is 0 Å². The van der Waals surface area contributed by atoms with E-state index < -0.39 is 6.09 Å². The van der Waals surface area contributed by atoms with Gasteiger partial charge in [0.1, 0.15) is 0 Å². The minimum atomic E-state index is -0.893. The van der Waals surface area contributed by atoms with Gasteiger partial charge in [-0.15, -0.1) is 0 Å². The molecule has 0 fully saturated rings. The normalized spacial score (nSPS) is 6.67. The van der Waals surface area contributed by atoms with Crippen LogP contribution in [0.5, 0.6) is 0 Å². The average Bonchev–Trinajstić information content (AvgIpc) is 1.80. The number of hydrogen-bond acceptors (Lipinski definition) is 3. The summed E-state index contributed by atoms with van der Waals surface area (Å²) >= 11 is 0. The molecule has 0 heterocycles. The van der Waals surface area contributed by atoms with E-state index in [9.17, 15) is 9.59 Å². The van der Waals surface area contributed by atoms with Crippen molar-refractivity contribution in [3.8, 4) is 11.8 Å². The van der Waals surface area contributed by atoms with E-state index in [1.54, 1.807) is 0 Å². The third-order valence-electron chi connectivity index (χ3n) is 0.448. The van der Waals surface area contributed by atoms with Gasteiger partial charge in [0, 0.05) is 0 Å². The standard InChI is InChI=1S/C5H5NO3/c6-5(8)9-4-2-1-3-7/h3H,4H2,(H2,6,8). The van der Waals surface area contributed by atoms with Crippen molar-refractivity contribution in [2.75, 3.05) is 6.61 Å². The number of aldehydes is 1. The molecule has 4 nitrogen and oxygen atoms in total. The first-order chi connectivity index (χ1) is 4.27. The summed E-state index contributed by atoms with van der Waals surface area (Å²) in [7, 11) is 0. The van der Waals surface area contributed by atoms with Crippen LogP contribution in [0.3, 0.4) is 0 Å². The molecule has 0 rings (SSSR count). The van der Waals surface area contributed by atoms with Crippen molar-refractivity contribution in [1.29, 1.82) is 0 Å². The lowest BCUT2D eigenvalue weighted by Gasteiger charge is -1.89. The van der Waals surface area contributed by atoms with Gasteiger partial charge in [0.2, 0.25) is 0 Å². The number of ether oxygens (including phenoxy) is 1. The first-order valence-corrected chi connectivity index (χ1v) is 2.11. The highest BCUT2D eigenvalue weighted by molar-refractivity contribution is 5.72. The molecule has 0 unspecified atom stereocenters. The molecule has 0 aliphatic rings. The number of carbonyl (C=O) groups is 2. The van der Waals surface area contributed by atoms with E-state index in [1.807, 2.05) is 5.92 Å². The molecule has 0 radical (unpaired) electrons. The van der Waals surface area contributed by atoms with Crippen molar-refractivity contribution >= 4 is 12.4 Å². The summed E-state index contributed by atoms with van der Waals surface area (Å²) in [4.78, 5) is 19.3. The smallest absolute Gasteiger partial charge is 0.405 e. The summed E-state index contributed by atoms with van der Waals surface area (Å²) in [6, 6.07) is 0. The molecule has 0 aromatic carbocycles. The topological polar surface area (TPSA) is 69.4 Å². The van der Waals surface area contributed by atoms with E-state index in [2.05, 4.69) is 16.4 Å². The lowest BCUT2D eigenvalue weighted by molar-refractivity contribution is -0.103. The Balaban J connectivity index is 3.29. The zero-order valence-electron chi connectivity index (χ0n) is 4.59. The summed E-state index contributed by atoms with van der Waals surface area (Å²) in [5.74, 6) is 4.27. The summed E-state index contributed by atoms with van der Waals surface area (Å²) in [5, 5.41) is 0. The molecule has 0 spiro atoms. The quantitative estimate of drug-likeness (QED) is 0.373. The Morgan fingerprint density at radius 1 is 1.78 bits per heavy atom. The second kappa shape index (κ2) is 4.65. The van der Waals surface area contributed by atoms with Crippen molar-refractivity contribution in [2.24, 2.45) is 5.73 Å². The Hall–Kier alpha value is -1.50. The van der Waals surface area contributed by atoms with Crippen molar-refractivity contribution in [1.82, 2.24) is 0 Å². The van der Waals surface area contributed by atoms with Gasteiger partial charge in [0.05, 0.1) is 0 Å². The van der Waals surface area contributed by atoms with Crippen LogP contribution in [-0.4, -0.2) is 19.0 Å². The molecule has 0 aromatic heterocycles. The highest BCUT2D eigenvalue weighted by atomic mass is 16.5. The van der Waals surface area contributed by atoms with Gasteiger partial charge in [0.15, 0.2) is 12.9 Å². The van der Waals surface area contributed by atoms with E-state index in [1.165, 1.54) is 0 Å². The number of nitrogens with two attached hydrogens (primary N) is 1. The maximum atomic E-state index is 9.81. The molecule has 0 bridgehead atoms. The molecule has 0 aliphatic carbocycles. The maximum absolute atomic E-state index is 9.81. The number of carbonyl (C=O) groups excluding carboxylic acids is 2. The number of hydrogen-bond donors (Lipinski definition) is 1. The van der Waals surface area contributed by atoms with Crippen LogP contribution in [0.15, 0.2) is 0 Å². The van der Waals surface area contributed by atoms with E-state index in [0.29, 0.717) is 6.29 Å². The van der Waals surface area contributed by atoms with Gasteiger partial charge < -0.3 is 10.5 Å². The zero-order chi connectivity index (χ0) is 7.11. The highest BCUT2D eigenvalue weighted by Crippen LogP contribution is 1.68. The Morgan fingerprint density at radius 3 is 2.89 bits per heavy atom. The van der Waals surface area contributed by atoms with Gasteiger partial charge >= 0.3 is 6.09 Å². The first-order valence-electron chi connectivity index (χ1n) is 2.11. The first kappa shape index (κ1) is 7.50. The molecule has 0 atom stereocenters. The van der Waals surface area contributed by atoms with Crippen LogP contribution >= 0.6 is 0 Å². The van der Waals surface area contributed by atoms with Gasteiger partial charge in [-0.25, -0.2) is 4.79 Å². The second-order valence-corrected chi connectivity index (χ2v) is 1.05. The lowest BCUT2D eigenvalue weighted by Crippen LogP contribution is -2.12. The van der Waals surface area contributed by atoms with Gasteiger partial charge in [-0.05, 0) is 5.92 Å². The molecule has 9 heavy (non-hydrogen) atoms. The number of rotatable bonds is 1. The van der Waals surface area contributed by atoms with Crippen molar-refractivity contribution in [2.45, 2.75) is 0 Å². The maximum Gasteiger partial charge on any atom is 0.405 e. The van der Waals surface area contributed by atoms with Crippen molar-refractivity contribution < 1.29 is 14.3 Å². The average molecular weight is 127 g/mol. The van der Waals surface area contributed by atoms with Crippen LogP contribution in [0.4, 0.5) is 4.79 Å². The summed E-state index contributed by atoms with van der Waals surface area (Å²) in [6.07, 6.45) is -0.486. The minimum Gasteiger partial charge on any atom is -0.437 e. The molecule has 4 heteroatoms. The monoisotopic (exact) mass is 127 g/mol. The Labute approximate surface area is 52.0 Å². The Bertz CT molecular complexity index is 165. The van der Waals surface area contributed by atoms with E-state index in [-0.39, 0.29) is 6.61 Å². The number of primary amides is 1. The fourth-order valence-corrected chi connectivity index (χ4v) is 0.191. The lowest BCUT2D eigenvalue weighted by atomic mass is 10.6. The zero-order valence-corrected chi connectivity index (χ0v) is 4.59. The van der Waals surface area contributed by atoms with Crippen LogP contribution in [0.25, 0.3) is 0 Å². The molecule has 2 N–H and O–H groups in total. The third-order valence-corrected chi connectivity index (χ3v) is 0.448. The van der Waals surface area contributed by atoms with E-state index >= 15 is 0 Å². The van der Waals surface area contributed by atoms with Crippen LogP contribution in [0, 0.1) is 11.8 Å². The predicted octanol–water partition coefficient (Wildman–Crippen LogP) is -0.716. The molecule has 0 aromatic rings. The number of amides is 1. The fourth-order valence-electron chi connectivity index (χ4n) is 0.191. The molecule has 0 aliphatic heterocycles. The minimum absolute atomic E-state index is 0.131. The molecular formula is C5H5NO3. The summed E-state index contributed by atoms with van der Waals surface area (Å²) in [5.41, 5.74) is 4.56. The highest BCUT2D eigenvalue weighted by Gasteiger charge is 1.85. The van der Waals surface area contributed by atoms with Gasteiger partial charge in [-0.1, -0.05) is 5.92 Å². The third kappa shape index (κ3) is 6.50. The van der Waals surface area contributed by atoms with Gasteiger partial charge in [-0.3, -0.25) is 4.79 Å². The fraction of sp³-hybridized carbons (Fsp3) is 0.200. The molecule has 48 valence electrons. The second-order valence-electron chi connectivity index (χ2n) is 1.05. The molecular weight excluding hydrogens is 122 g/mol. The van der Waals surface area contributed by atoms with Crippen molar-refractivity contribution in [3.63, 3.8) is 0 Å². The van der Waals surface area contributed by atoms with Crippen LogP contribution in [0.2, 0.25) is 0 Å². The largest absolute Gasteiger partial charge is 0.437 e. The SMILES string of the molecule is NC(=O)OCC#CC=O. The summed E-state index contributed by atoms with van der Waals surface area (Å²) < 4.78 is 4.15. The van der Waals surface area contributed by atoms with Crippen molar-refractivity contribution in [3.05, 3.63) is 0 Å². The molecule has 0 saturated carbocycles. The Morgan fingerprint density at radius 2 is 2.44 bits per heavy atom. The predicted molar refractivity (Wildman–Crippen MR) is 29.4 cm³/mol. The van der Waals surface area contributed by atoms with Gasteiger partial charge in [-0.2, -0.15) is 0 Å². The Kier molecular flexibility index (Phi) is 3.88. The molecule has 1 amide bonds. The summed E-state index contributed by atoms with van der Waals surface area (Å²) in [6.45, 7) is -0.131.